The molecule has 2 atom stereocenters. The first kappa shape index (κ1) is 15.8. The highest BCUT2D eigenvalue weighted by molar-refractivity contribution is 7.89. The van der Waals surface area contributed by atoms with Gasteiger partial charge in [-0.15, -0.1) is 0 Å². The Morgan fingerprint density at radius 3 is 2.45 bits per heavy atom. The molecule has 0 aromatic heterocycles. The molecule has 1 N–H and O–H groups in total. The van der Waals surface area contributed by atoms with Crippen molar-refractivity contribution >= 4 is 10.0 Å². The summed E-state index contributed by atoms with van der Waals surface area (Å²) in [5.41, 5.74) is -0.842. The van der Waals surface area contributed by atoms with Gasteiger partial charge in [0.2, 0.25) is 10.0 Å². The topological polar surface area (TPSA) is 49.4 Å². The summed E-state index contributed by atoms with van der Waals surface area (Å²) in [5, 5.41) is 3.35. The van der Waals surface area contributed by atoms with E-state index in [4.69, 9.17) is 0 Å². The summed E-state index contributed by atoms with van der Waals surface area (Å²) in [7, 11) is -3.72. The van der Waals surface area contributed by atoms with Crippen molar-refractivity contribution in [1.82, 2.24) is 9.62 Å². The molecule has 3 rings (SSSR count). The predicted molar refractivity (Wildman–Crippen MR) is 74.7 cm³/mol. The van der Waals surface area contributed by atoms with Gasteiger partial charge in [0, 0.05) is 19.1 Å². The monoisotopic (exact) mass is 334 g/mol. The summed E-state index contributed by atoms with van der Waals surface area (Å²) < 4.78 is 64.2. The number of benzene rings is 1. The maximum atomic E-state index is 12.6. The maximum absolute atomic E-state index is 12.6. The van der Waals surface area contributed by atoms with Crippen molar-refractivity contribution in [2.75, 3.05) is 19.6 Å². The van der Waals surface area contributed by atoms with E-state index in [1.807, 2.05) is 0 Å². The van der Waals surface area contributed by atoms with Crippen LogP contribution >= 0.6 is 0 Å². The Morgan fingerprint density at radius 2 is 1.82 bits per heavy atom. The van der Waals surface area contributed by atoms with Crippen LogP contribution in [0.1, 0.15) is 18.4 Å². The standard InChI is InChI=1S/C14H17F3N2O2S/c15-14(16,17)11-1-3-12(4-2-11)22(20,21)19-8-6-13-10(9-19)5-7-18-13/h1-4,10,13,18H,5-9H2. The molecule has 0 radical (unpaired) electrons. The summed E-state index contributed by atoms with van der Waals surface area (Å²) in [5.74, 6) is 0.290. The summed E-state index contributed by atoms with van der Waals surface area (Å²) in [4.78, 5) is -0.0788. The Hall–Kier alpha value is -1.12. The molecule has 0 spiro atoms. The molecule has 2 fully saturated rings. The van der Waals surface area contributed by atoms with Gasteiger partial charge in [-0.1, -0.05) is 0 Å². The SMILES string of the molecule is O=S(=O)(c1ccc(C(F)(F)F)cc1)N1CCC2NCCC2C1. The zero-order chi connectivity index (χ0) is 16.0. The van der Waals surface area contributed by atoms with E-state index in [-0.39, 0.29) is 10.8 Å². The molecule has 2 heterocycles. The number of nitrogens with zero attached hydrogens (tertiary/aromatic N) is 1. The largest absolute Gasteiger partial charge is 0.416 e. The number of piperidine rings is 1. The first-order valence-corrected chi connectivity index (χ1v) is 8.63. The van der Waals surface area contributed by atoms with Gasteiger partial charge < -0.3 is 5.32 Å². The van der Waals surface area contributed by atoms with E-state index in [9.17, 15) is 21.6 Å². The quantitative estimate of drug-likeness (QED) is 0.901. The lowest BCUT2D eigenvalue weighted by Crippen LogP contribution is -2.46. The van der Waals surface area contributed by atoms with Crippen LogP contribution in [0.3, 0.4) is 0 Å². The Morgan fingerprint density at radius 1 is 1.14 bits per heavy atom. The number of alkyl halides is 3. The van der Waals surface area contributed by atoms with Crippen molar-refractivity contribution in [1.29, 1.82) is 0 Å². The van der Waals surface area contributed by atoms with E-state index in [2.05, 4.69) is 5.32 Å². The second-order valence-electron chi connectivity index (χ2n) is 5.78. The van der Waals surface area contributed by atoms with Crippen molar-refractivity contribution in [3.8, 4) is 0 Å². The van der Waals surface area contributed by atoms with Crippen molar-refractivity contribution in [3.63, 3.8) is 0 Å². The molecule has 1 aromatic carbocycles. The first-order chi connectivity index (χ1) is 10.3. The van der Waals surface area contributed by atoms with Gasteiger partial charge >= 0.3 is 6.18 Å². The minimum atomic E-state index is -4.46. The van der Waals surface area contributed by atoms with Crippen molar-refractivity contribution in [2.24, 2.45) is 5.92 Å². The fourth-order valence-corrected chi connectivity index (χ4v) is 4.71. The molecule has 0 amide bonds. The highest BCUT2D eigenvalue weighted by Crippen LogP contribution is 2.32. The van der Waals surface area contributed by atoms with Gasteiger partial charge in [0.15, 0.2) is 0 Å². The van der Waals surface area contributed by atoms with Crippen molar-refractivity contribution in [2.45, 2.75) is 30.0 Å². The lowest BCUT2D eigenvalue weighted by atomic mass is 9.95. The predicted octanol–water partition coefficient (Wildman–Crippen LogP) is 2.08. The van der Waals surface area contributed by atoms with Gasteiger partial charge in [-0.05, 0) is 49.6 Å². The van der Waals surface area contributed by atoms with E-state index in [1.165, 1.54) is 4.31 Å². The van der Waals surface area contributed by atoms with E-state index in [1.54, 1.807) is 0 Å². The molecule has 8 heteroatoms. The minimum Gasteiger partial charge on any atom is -0.314 e. The van der Waals surface area contributed by atoms with Crippen LogP contribution in [0.4, 0.5) is 13.2 Å². The average molecular weight is 334 g/mol. The number of rotatable bonds is 2. The zero-order valence-corrected chi connectivity index (χ0v) is 12.6. The fourth-order valence-electron chi connectivity index (χ4n) is 3.20. The van der Waals surface area contributed by atoms with Crippen LogP contribution in [-0.4, -0.2) is 38.4 Å². The van der Waals surface area contributed by atoms with Crippen LogP contribution < -0.4 is 5.32 Å². The summed E-state index contributed by atoms with van der Waals surface area (Å²) in [6, 6.07) is 4.07. The van der Waals surface area contributed by atoms with Crippen molar-refractivity contribution < 1.29 is 21.6 Å². The van der Waals surface area contributed by atoms with E-state index >= 15 is 0 Å². The molecule has 2 saturated heterocycles. The molecule has 0 bridgehead atoms. The molecule has 0 aliphatic carbocycles. The number of nitrogens with one attached hydrogen (secondary N) is 1. The second kappa shape index (κ2) is 5.50. The Balaban J connectivity index is 1.81. The van der Waals surface area contributed by atoms with E-state index in [0.29, 0.717) is 19.1 Å². The molecule has 0 saturated carbocycles. The smallest absolute Gasteiger partial charge is 0.314 e. The summed E-state index contributed by atoms with van der Waals surface area (Å²) in [6.07, 6.45) is -2.79. The number of sulfonamides is 1. The maximum Gasteiger partial charge on any atom is 0.416 e. The molecule has 2 aliphatic rings. The van der Waals surface area contributed by atoms with Crippen LogP contribution in [0, 0.1) is 5.92 Å². The lowest BCUT2D eigenvalue weighted by molar-refractivity contribution is -0.137. The molecule has 22 heavy (non-hydrogen) atoms. The first-order valence-electron chi connectivity index (χ1n) is 7.19. The molecular formula is C14H17F3N2O2S. The van der Waals surface area contributed by atoms with Crippen LogP contribution in [0.15, 0.2) is 29.2 Å². The highest BCUT2D eigenvalue weighted by atomic mass is 32.2. The molecule has 2 unspecified atom stereocenters. The third kappa shape index (κ3) is 2.87. The summed E-state index contributed by atoms with van der Waals surface area (Å²) in [6.45, 7) is 1.72. The minimum absolute atomic E-state index is 0.0788. The zero-order valence-electron chi connectivity index (χ0n) is 11.8. The van der Waals surface area contributed by atoms with Gasteiger partial charge in [0.25, 0.3) is 0 Å². The molecule has 4 nitrogen and oxygen atoms in total. The van der Waals surface area contributed by atoms with Gasteiger partial charge in [-0.2, -0.15) is 17.5 Å². The number of hydrogen-bond donors (Lipinski definition) is 1. The third-order valence-corrected chi connectivity index (χ3v) is 6.32. The fraction of sp³-hybridized carbons (Fsp3) is 0.571. The normalized spacial score (nSPS) is 26.9. The number of fused-ring (bicyclic) bond motifs is 1. The summed E-state index contributed by atoms with van der Waals surface area (Å²) >= 11 is 0. The van der Waals surface area contributed by atoms with Gasteiger partial charge in [-0.25, -0.2) is 8.42 Å². The van der Waals surface area contributed by atoms with Gasteiger partial charge in [0.1, 0.15) is 0 Å². The second-order valence-corrected chi connectivity index (χ2v) is 7.72. The van der Waals surface area contributed by atoms with Crippen LogP contribution in [-0.2, 0) is 16.2 Å². The number of halogens is 3. The Kier molecular flexibility index (Phi) is 3.94. The molecule has 1 aromatic rings. The average Bonchev–Trinajstić information content (AvgIpc) is 2.94. The van der Waals surface area contributed by atoms with Crippen LogP contribution in [0.5, 0.6) is 0 Å². The van der Waals surface area contributed by atoms with Crippen LogP contribution in [0.2, 0.25) is 0 Å². The van der Waals surface area contributed by atoms with E-state index < -0.39 is 21.8 Å². The third-order valence-electron chi connectivity index (χ3n) is 4.44. The molecule has 122 valence electrons. The Bertz CT molecular complexity index is 643. The number of hydrogen-bond acceptors (Lipinski definition) is 3. The van der Waals surface area contributed by atoms with E-state index in [0.717, 1.165) is 43.7 Å². The van der Waals surface area contributed by atoms with Crippen molar-refractivity contribution in [3.05, 3.63) is 29.8 Å². The van der Waals surface area contributed by atoms with Gasteiger partial charge in [-0.3, -0.25) is 0 Å². The molecular weight excluding hydrogens is 317 g/mol. The van der Waals surface area contributed by atoms with Gasteiger partial charge in [0.05, 0.1) is 10.5 Å². The van der Waals surface area contributed by atoms with Crippen LogP contribution in [0.25, 0.3) is 0 Å². The molecule has 2 aliphatic heterocycles. The highest BCUT2D eigenvalue weighted by Gasteiger charge is 2.38. The Labute approximate surface area is 127 Å². The lowest BCUT2D eigenvalue weighted by Gasteiger charge is -2.34.